The highest BCUT2D eigenvalue weighted by Gasteiger charge is 2.17. The molecule has 33 heavy (non-hydrogen) atoms. The number of imidazole rings is 1. The molecular formula is C21H28BrN7O3S. The first kappa shape index (κ1) is 25.1. The van der Waals surface area contributed by atoms with E-state index in [1.165, 1.54) is 0 Å². The first-order valence-corrected chi connectivity index (χ1v) is 12.8. The summed E-state index contributed by atoms with van der Waals surface area (Å²) in [6.07, 6.45) is 8.19. The van der Waals surface area contributed by atoms with Gasteiger partial charge in [-0.15, -0.1) is 0 Å². The number of nitrogens with one attached hydrogen (secondary N) is 3. The third-order valence-corrected chi connectivity index (χ3v) is 7.16. The number of anilines is 3. The molecule has 2 aromatic heterocycles. The standard InChI is InChI=1S/C21H28BrN7O3S/c1-3-16(13-30)26-20-18(22)12-24-21(28-20)27-17-6-5-15(2)19(11-17)33(31,32)25-7-4-9-29-10-8-23-14-29/h5-6,8,10-12,14,16,25,30H,3-4,7,9,13H2,1-2H3,(H2,24,26,27,28)/t16-/m1/s1. The van der Waals surface area contributed by atoms with Crippen LogP contribution in [-0.4, -0.2) is 52.2 Å². The van der Waals surface area contributed by atoms with Crippen LogP contribution in [0.2, 0.25) is 0 Å². The van der Waals surface area contributed by atoms with Crippen LogP contribution in [0.5, 0.6) is 0 Å². The predicted molar refractivity (Wildman–Crippen MR) is 131 cm³/mol. The van der Waals surface area contributed by atoms with Crippen LogP contribution in [0.3, 0.4) is 0 Å². The van der Waals surface area contributed by atoms with Gasteiger partial charge in [-0.05, 0) is 53.4 Å². The summed E-state index contributed by atoms with van der Waals surface area (Å²) in [5.74, 6) is 0.835. The van der Waals surface area contributed by atoms with Crippen molar-refractivity contribution in [3.8, 4) is 0 Å². The van der Waals surface area contributed by atoms with Gasteiger partial charge < -0.3 is 20.3 Å². The second-order valence-corrected chi connectivity index (χ2v) is 10.1. The number of aromatic nitrogens is 4. The molecule has 4 N–H and O–H groups in total. The molecule has 0 aliphatic heterocycles. The normalized spacial score (nSPS) is 12.5. The van der Waals surface area contributed by atoms with Crippen molar-refractivity contribution in [1.82, 2.24) is 24.2 Å². The van der Waals surface area contributed by atoms with Gasteiger partial charge in [-0.2, -0.15) is 4.98 Å². The molecule has 0 bridgehead atoms. The number of aliphatic hydroxyl groups is 1. The number of sulfonamides is 1. The number of hydrogen-bond donors (Lipinski definition) is 4. The van der Waals surface area contributed by atoms with Crippen LogP contribution in [0.25, 0.3) is 0 Å². The number of nitrogens with zero attached hydrogens (tertiary/aromatic N) is 4. The number of rotatable bonds is 12. The van der Waals surface area contributed by atoms with Gasteiger partial charge in [-0.25, -0.2) is 23.1 Å². The predicted octanol–water partition coefficient (Wildman–Crippen LogP) is 3.04. The number of benzene rings is 1. The van der Waals surface area contributed by atoms with Gasteiger partial charge in [0.2, 0.25) is 16.0 Å². The fourth-order valence-corrected chi connectivity index (χ4v) is 4.71. The molecule has 3 rings (SSSR count). The maximum atomic E-state index is 12.9. The second kappa shape index (κ2) is 11.5. The molecule has 0 aliphatic rings. The average Bonchev–Trinajstić information content (AvgIpc) is 3.32. The largest absolute Gasteiger partial charge is 0.394 e. The molecule has 0 saturated heterocycles. The van der Waals surface area contributed by atoms with Gasteiger partial charge in [0.15, 0.2) is 0 Å². The Bertz CT molecular complexity index is 1150. The van der Waals surface area contributed by atoms with Gasteiger partial charge >= 0.3 is 0 Å². The highest BCUT2D eigenvalue weighted by molar-refractivity contribution is 9.10. The molecule has 0 fully saturated rings. The van der Waals surface area contributed by atoms with E-state index in [1.54, 1.807) is 43.8 Å². The van der Waals surface area contributed by atoms with E-state index >= 15 is 0 Å². The molecule has 0 aliphatic carbocycles. The summed E-state index contributed by atoms with van der Waals surface area (Å²) >= 11 is 3.40. The molecule has 2 heterocycles. The summed E-state index contributed by atoms with van der Waals surface area (Å²) in [5.41, 5.74) is 1.18. The first-order chi connectivity index (χ1) is 15.8. The van der Waals surface area contributed by atoms with Crippen LogP contribution >= 0.6 is 15.9 Å². The van der Waals surface area contributed by atoms with E-state index in [0.717, 1.165) is 6.42 Å². The van der Waals surface area contributed by atoms with E-state index in [1.807, 2.05) is 17.7 Å². The summed E-state index contributed by atoms with van der Waals surface area (Å²) in [7, 11) is -3.69. The minimum Gasteiger partial charge on any atom is -0.394 e. The van der Waals surface area contributed by atoms with Crippen molar-refractivity contribution in [1.29, 1.82) is 0 Å². The molecule has 0 radical (unpaired) electrons. The van der Waals surface area contributed by atoms with Crippen molar-refractivity contribution in [2.45, 2.75) is 44.2 Å². The van der Waals surface area contributed by atoms with Crippen molar-refractivity contribution in [2.24, 2.45) is 0 Å². The Hall–Kier alpha value is -2.54. The number of hydrogen-bond acceptors (Lipinski definition) is 8. The highest BCUT2D eigenvalue weighted by atomic mass is 79.9. The zero-order chi connectivity index (χ0) is 23.8. The lowest BCUT2D eigenvalue weighted by molar-refractivity contribution is 0.271. The van der Waals surface area contributed by atoms with Crippen molar-refractivity contribution in [3.63, 3.8) is 0 Å². The third kappa shape index (κ3) is 6.97. The van der Waals surface area contributed by atoms with Crippen LogP contribution in [0, 0.1) is 6.92 Å². The molecule has 0 spiro atoms. The zero-order valence-corrected chi connectivity index (χ0v) is 20.9. The van der Waals surface area contributed by atoms with Crippen molar-refractivity contribution in [2.75, 3.05) is 23.8 Å². The van der Waals surface area contributed by atoms with Gasteiger partial charge in [-0.3, -0.25) is 0 Å². The van der Waals surface area contributed by atoms with Crippen molar-refractivity contribution in [3.05, 3.63) is 53.2 Å². The number of halogens is 1. The maximum absolute atomic E-state index is 12.9. The fourth-order valence-electron chi connectivity index (χ4n) is 3.06. The molecule has 1 atom stereocenters. The first-order valence-electron chi connectivity index (χ1n) is 10.6. The van der Waals surface area contributed by atoms with E-state index in [9.17, 15) is 13.5 Å². The van der Waals surface area contributed by atoms with Gasteiger partial charge in [-0.1, -0.05) is 13.0 Å². The molecule has 10 nitrogen and oxygen atoms in total. The Labute approximate surface area is 202 Å². The molecular weight excluding hydrogens is 510 g/mol. The Morgan fingerprint density at radius 2 is 2.12 bits per heavy atom. The number of aliphatic hydroxyl groups excluding tert-OH is 1. The molecule has 0 saturated carbocycles. The Morgan fingerprint density at radius 3 is 2.82 bits per heavy atom. The van der Waals surface area contributed by atoms with E-state index in [-0.39, 0.29) is 17.5 Å². The Balaban J connectivity index is 1.70. The minimum absolute atomic E-state index is 0.0236. The van der Waals surface area contributed by atoms with Crippen LogP contribution < -0.4 is 15.4 Å². The third-order valence-electron chi connectivity index (χ3n) is 4.98. The monoisotopic (exact) mass is 537 g/mol. The van der Waals surface area contributed by atoms with Crippen LogP contribution in [0.4, 0.5) is 17.5 Å². The molecule has 0 unspecified atom stereocenters. The zero-order valence-electron chi connectivity index (χ0n) is 18.5. The fraction of sp³-hybridized carbons (Fsp3) is 0.381. The van der Waals surface area contributed by atoms with Gasteiger partial charge in [0, 0.05) is 37.4 Å². The summed E-state index contributed by atoms with van der Waals surface area (Å²) in [5, 5.41) is 15.7. The van der Waals surface area contributed by atoms with E-state index < -0.39 is 10.0 Å². The molecule has 1 aromatic carbocycles. The highest BCUT2D eigenvalue weighted by Crippen LogP contribution is 2.25. The summed E-state index contributed by atoms with van der Waals surface area (Å²) < 4.78 is 31.0. The van der Waals surface area contributed by atoms with Crippen molar-refractivity contribution >= 4 is 43.4 Å². The Morgan fingerprint density at radius 1 is 1.30 bits per heavy atom. The van der Waals surface area contributed by atoms with Crippen molar-refractivity contribution < 1.29 is 13.5 Å². The van der Waals surface area contributed by atoms with E-state index in [0.29, 0.717) is 47.0 Å². The maximum Gasteiger partial charge on any atom is 0.240 e. The van der Waals surface area contributed by atoms with Gasteiger partial charge in [0.05, 0.1) is 28.3 Å². The quantitative estimate of drug-likeness (QED) is 0.259. The molecule has 3 aromatic rings. The Kier molecular flexibility index (Phi) is 8.78. The summed E-state index contributed by atoms with van der Waals surface area (Å²) in [6.45, 7) is 4.68. The van der Waals surface area contributed by atoms with E-state index in [2.05, 4.69) is 46.2 Å². The summed E-state index contributed by atoms with van der Waals surface area (Å²) in [6, 6.07) is 4.93. The SMILES string of the molecule is CC[C@H](CO)Nc1nc(Nc2ccc(C)c(S(=O)(=O)NCCCn3ccnc3)c2)ncc1Br. The van der Waals surface area contributed by atoms with Crippen LogP contribution in [-0.2, 0) is 16.6 Å². The van der Waals surface area contributed by atoms with Gasteiger partial charge in [0.1, 0.15) is 5.82 Å². The topological polar surface area (TPSA) is 134 Å². The lowest BCUT2D eigenvalue weighted by Crippen LogP contribution is -2.26. The number of aryl methyl sites for hydroxylation is 2. The second-order valence-electron chi connectivity index (χ2n) is 7.48. The van der Waals surface area contributed by atoms with Crippen LogP contribution in [0.1, 0.15) is 25.3 Å². The molecule has 0 amide bonds. The van der Waals surface area contributed by atoms with E-state index in [4.69, 9.17) is 0 Å². The van der Waals surface area contributed by atoms with Crippen LogP contribution in [0.15, 0.2) is 52.5 Å². The lowest BCUT2D eigenvalue weighted by atomic mass is 10.2. The molecule has 12 heteroatoms. The lowest BCUT2D eigenvalue weighted by Gasteiger charge is -2.16. The van der Waals surface area contributed by atoms with Gasteiger partial charge in [0.25, 0.3) is 0 Å². The smallest absolute Gasteiger partial charge is 0.240 e. The average molecular weight is 538 g/mol. The minimum atomic E-state index is -3.69. The molecule has 178 valence electrons. The summed E-state index contributed by atoms with van der Waals surface area (Å²) in [4.78, 5) is 12.9.